The van der Waals surface area contributed by atoms with E-state index in [1.807, 2.05) is 19.9 Å². The number of carbonyl (C=O) groups is 1. The normalized spacial score (nSPS) is 29.3. The summed E-state index contributed by atoms with van der Waals surface area (Å²) in [5.74, 6) is 0.663. The Kier molecular flexibility index (Phi) is 7.64. The molecular weight excluding hydrogens is 272 g/mol. The number of esters is 1. The van der Waals surface area contributed by atoms with Crippen LogP contribution >= 0.6 is 0 Å². The lowest BCUT2D eigenvalue weighted by atomic mass is 9.83. The lowest BCUT2D eigenvalue weighted by molar-refractivity contribution is -0.145. The van der Waals surface area contributed by atoms with E-state index in [-0.39, 0.29) is 12.1 Å². The number of hydrogen-bond acceptors (Lipinski definition) is 2. The third kappa shape index (κ3) is 5.82. The van der Waals surface area contributed by atoms with Gasteiger partial charge < -0.3 is 4.74 Å². The first-order valence-electron chi connectivity index (χ1n) is 8.52. The summed E-state index contributed by atoms with van der Waals surface area (Å²) in [5, 5.41) is 0. The van der Waals surface area contributed by atoms with Crippen LogP contribution in [-0.4, -0.2) is 12.1 Å². The summed E-state index contributed by atoms with van der Waals surface area (Å²) in [5.41, 5.74) is 3.45. The van der Waals surface area contributed by atoms with Gasteiger partial charge in [0.1, 0.15) is 6.10 Å². The molecule has 1 aliphatic carbocycles. The molecule has 0 aliphatic heterocycles. The molecule has 0 amide bonds. The van der Waals surface area contributed by atoms with E-state index in [1.54, 1.807) is 0 Å². The zero-order valence-electron chi connectivity index (χ0n) is 15.1. The molecule has 0 aromatic carbocycles. The van der Waals surface area contributed by atoms with Crippen molar-refractivity contribution >= 4 is 5.97 Å². The maximum Gasteiger partial charge on any atom is 0.333 e. The van der Waals surface area contributed by atoms with Crippen LogP contribution in [0.25, 0.3) is 0 Å². The van der Waals surface area contributed by atoms with Crippen LogP contribution in [0.15, 0.2) is 34.9 Å². The second kappa shape index (κ2) is 8.97. The van der Waals surface area contributed by atoms with E-state index in [0.29, 0.717) is 17.4 Å². The van der Waals surface area contributed by atoms with E-state index in [9.17, 15) is 4.79 Å². The molecule has 2 heteroatoms. The first-order chi connectivity index (χ1) is 10.3. The summed E-state index contributed by atoms with van der Waals surface area (Å²) in [6.45, 7) is 12.5. The average molecular weight is 304 g/mol. The molecule has 1 rings (SSSR count). The zero-order valence-corrected chi connectivity index (χ0v) is 15.1. The average Bonchev–Trinajstić information content (AvgIpc) is 2.45. The van der Waals surface area contributed by atoms with E-state index in [4.69, 9.17) is 4.74 Å². The van der Waals surface area contributed by atoms with E-state index in [0.717, 1.165) is 25.7 Å². The second-order valence-electron chi connectivity index (χ2n) is 6.89. The minimum absolute atomic E-state index is 0.117. The van der Waals surface area contributed by atoms with Gasteiger partial charge in [-0.25, -0.2) is 4.79 Å². The Morgan fingerprint density at radius 2 is 1.95 bits per heavy atom. The lowest BCUT2D eigenvalue weighted by Gasteiger charge is -2.29. The largest absolute Gasteiger partial charge is 0.454 e. The van der Waals surface area contributed by atoms with Gasteiger partial charge in [0.15, 0.2) is 0 Å². The van der Waals surface area contributed by atoms with Crippen LogP contribution in [0.2, 0.25) is 0 Å². The van der Waals surface area contributed by atoms with Crippen molar-refractivity contribution in [3.63, 3.8) is 0 Å². The summed E-state index contributed by atoms with van der Waals surface area (Å²) in [4.78, 5) is 12.2. The summed E-state index contributed by atoms with van der Waals surface area (Å²) in [7, 11) is 0. The molecule has 0 saturated carbocycles. The van der Waals surface area contributed by atoms with Gasteiger partial charge in [0.05, 0.1) is 0 Å². The van der Waals surface area contributed by atoms with Crippen LogP contribution in [0.1, 0.15) is 67.2 Å². The van der Waals surface area contributed by atoms with Gasteiger partial charge in [0, 0.05) is 11.5 Å². The van der Waals surface area contributed by atoms with Gasteiger partial charge in [-0.2, -0.15) is 0 Å². The fourth-order valence-corrected chi connectivity index (χ4v) is 2.86. The smallest absolute Gasteiger partial charge is 0.333 e. The highest BCUT2D eigenvalue weighted by Gasteiger charge is 2.27. The highest BCUT2D eigenvalue weighted by atomic mass is 16.5. The Balaban J connectivity index is 3.03. The van der Waals surface area contributed by atoms with E-state index >= 15 is 0 Å². The molecule has 0 aromatic rings. The number of carbonyl (C=O) groups excluding carboxylic acids is 1. The summed E-state index contributed by atoms with van der Waals surface area (Å²) in [6, 6.07) is 0. The molecule has 22 heavy (non-hydrogen) atoms. The van der Waals surface area contributed by atoms with E-state index in [2.05, 4.69) is 39.8 Å². The molecule has 0 aromatic heterocycles. The van der Waals surface area contributed by atoms with Gasteiger partial charge in [0.25, 0.3) is 0 Å². The molecule has 0 unspecified atom stereocenters. The quantitative estimate of drug-likeness (QED) is 0.385. The Morgan fingerprint density at radius 1 is 1.27 bits per heavy atom. The Morgan fingerprint density at radius 3 is 2.55 bits per heavy atom. The predicted octanol–water partition coefficient (Wildman–Crippen LogP) is 5.60. The van der Waals surface area contributed by atoms with E-state index < -0.39 is 0 Å². The molecule has 0 radical (unpaired) electrons. The van der Waals surface area contributed by atoms with Crippen LogP contribution in [0.3, 0.4) is 0 Å². The number of hydrogen-bond donors (Lipinski definition) is 0. The maximum atomic E-state index is 12.2. The third-order valence-corrected chi connectivity index (χ3v) is 4.63. The fourth-order valence-electron chi connectivity index (χ4n) is 2.86. The Labute approximate surface area is 136 Å². The van der Waals surface area contributed by atoms with Gasteiger partial charge in [0.2, 0.25) is 0 Å². The molecule has 0 fully saturated rings. The minimum atomic E-state index is -0.188. The van der Waals surface area contributed by atoms with Crippen molar-refractivity contribution in [2.24, 2.45) is 11.8 Å². The molecule has 124 valence electrons. The van der Waals surface area contributed by atoms with Crippen molar-refractivity contribution in [3.05, 3.63) is 34.9 Å². The first-order valence-corrected chi connectivity index (χ1v) is 8.52. The first kappa shape index (κ1) is 18.7. The summed E-state index contributed by atoms with van der Waals surface area (Å²) in [6.07, 6.45) is 10.5. The molecule has 0 bridgehead atoms. The van der Waals surface area contributed by atoms with Crippen molar-refractivity contribution in [2.45, 2.75) is 73.3 Å². The molecule has 2 atom stereocenters. The van der Waals surface area contributed by atoms with Crippen molar-refractivity contribution < 1.29 is 9.53 Å². The predicted molar refractivity (Wildman–Crippen MR) is 93.6 cm³/mol. The van der Waals surface area contributed by atoms with E-state index in [1.165, 1.54) is 11.1 Å². The minimum Gasteiger partial charge on any atom is -0.454 e. The highest BCUT2D eigenvalue weighted by Crippen LogP contribution is 2.29. The van der Waals surface area contributed by atoms with Gasteiger partial charge in [-0.15, -0.1) is 0 Å². The van der Waals surface area contributed by atoms with Crippen molar-refractivity contribution in [2.75, 3.05) is 0 Å². The second-order valence-corrected chi connectivity index (χ2v) is 6.89. The summed E-state index contributed by atoms with van der Waals surface area (Å²) >= 11 is 0. The van der Waals surface area contributed by atoms with Crippen LogP contribution < -0.4 is 0 Å². The molecule has 1 aliphatic rings. The number of ether oxygens (including phenoxy) is 1. The monoisotopic (exact) mass is 304 g/mol. The highest BCUT2D eigenvalue weighted by molar-refractivity contribution is 5.87. The Bertz CT molecular complexity index is 466. The zero-order chi connectivity index (χ0) is 16.7. The topological polar surface area (TPSA) is 26.3 Å². The van der Waals surface area contributed by atoms with Crippen molar-refractivity contribution in [1.29, 1.82) is 0 Å². The fraction of sp³-hybridized carbons (Fsp3) is 0.650. The standard InChI is InChI=1S/C20H32O2/c1-7-17(6)20(21)22-19-13-16(5)10-8-9-15(4)11-12-18(19)14(2)3/h7,9,13-14,18-19H,8,10-12H2,1-6H3/b15-9+,16-13-,17-7-/t18-,19-/m0/s1. The lowest BCUT2D eigenvalue weighted by Crippen LogP contribution is -2.30. The van der Waals surface area contributed by atoms with Crippen LogP contribution in [0.5, 0.6) is 0 Å². The summed E-state index contributed by atoms with van der Waals surface area (Å²) < 4.78 is 5.85. The third-order valence-electron chi connectivity index (χ3n) is 4.63. The molecule has 0 heterocycles. The molecule has 0 N–H and O–H groups in total. The van der Waals surface area contributed by atoms with Crippen molar-refractivity contribution in [3.8, 4) is 0 Å². The molecule has 0 saturated heterocycles. The number of rotatable bonds is 3. The van der Waals surface area contributed by atoms with Crippen LogP contribution in [0, 0.1) is 11.8 Å². The van der Waals surface area contributed by atoms with Crippen molar-refractivity contribution in [1.82, 2.24) is 0 Å². The maximum absolute atomic E-state index is 12.2. The van der Waals surface area contributed by atoms with Crippen LogP contribution in [0.4, 0.5) is 0 Å². The van der Waals surface area contributed by atoms with Gasteiger partial charge >= 0.3 is 5.97 Å². The molecule has 0 spiro atoms. The SMILES string of the molecule is C/C=C(/C)C(=O)O[C@H]1/C=C(/C)CC/C=C(\C)CC[C@H]1C(C)C. The number of allylic oxidation sites excluding steroid dienone is 4. The Hall–Kier alpha value is -1.31. The molecular formula is C20H32O2. The molecule has 2 nitrogen and oxygen atoms in total. The van der Waals surface area contributed by atoms with Gasteiger partial charge in [-0.05, 0) is 65.4 Å². The van der Waals surface area contributed by atoms with Crippen LogP contribution in [-0.2, 0) is 9.53 Å². The van der Waals surface area contributed by atoms with Gasteiger partial charge in [-0.3, -0.25) is 0 Å². The van der Waals surface area contributed by atoms with Gasteiger partial charge in [-0.1, -0.05) is 37.1 Å².